The van der Waals surface area contributed by atoms with Crippen LogP contribution < -0.4 is 0 Å². The second-order valence-corrected chi connectivity index (χ2v) is 9.18. The molecule has 0 spiro atoms. The number of rotatable bonds is 6. The summed E-state index contributed by atoms with van der Waals surface area (Å²) in [5, 5.41) is 0. The number of halogens is 1. The van der Waals surface area contributed by atoms with Crippen LogP contribution in [0.25, 0.3) is 0 Å². The maximum absolute atomic E-state index is 6.02. The van der Waals surface area contributed by atoms with Crippen molar-refractivity contribution < 1.29 is 4.43 Å². The van der Waals surface area contributed by atoms with Crippen LogP contribution in [0.3, 0.4) is 0 Å². The van der Waals surface area contributed by atoms with Gasteiger partial charge in [0.2, 0.25) is 0 Å². The number of hydrogen-bond acceptors (Lipinski definition) is 1. The highest BCUT2D eigenvalue weighted by Gasteiger charge is 2.26. The summed E-state index contributed by atoms with van der Waals surface area (Å²) in [6.07, 6.45) is 1.74. The first kappa shape index (κ1) is 12.9. The fourth-order valence-corrected chi connectivity index (χ4v) is 5.13. The van der Waals surface area contributed by atoms with E-state index in [-0.39, 0.29) is 0 Å². The molecule has 12 heavy (non-hydrogen) atoms. The van der Waals surface area contributed by atoms with Gasteiger partial charge in [-0.2, -0.15) is 0 Å². The van der Waals surface area contributed by atoms with Gasteiger partial charge in [-0.15, -0.1) is 0 Å². The van der Waals surface area contributed by atoms with Gasteiger partial charge in [-0.1, -0.05) is 29.5 Å². The lowest BCUT2D eigenvalue weighted by atomic mass is 10.5. The molecule has 0 N–H and O–H groups in total. The number of alkyl halides is 1. The molecule has 1 atom stereocenters. The Morgan fingerprint density at radius 2 is 2.00 bits per heavy atom. The normalized spacial score (nSPS) is 16.5. The highest BCUT2D eigenvalue weighted by molar-refractivity contribution is 14.1. The van der Waals surface area contributed by atoms with Crippen LogP contribution in [0.2, 0.25) is 18.6 Å². The summed E-state index contributed by atoms with van der Waals surface area (Å²) in [7, 11) is -1.31. The molecule has 0 amide bonds. The zero-order valence-corrected chi connectivity index (χ0v) is 11.8. The van der Waals surface area contributed by atoms with Crippen LogP contribution >= 0.6 is 22.6 Å². The van der Waals surface area contributed by atoms with E-state index < -0.39 is 8.32 Å². The van der Waals surface area contributed by atoms with Crippen LogP contribution in [0, 0.1) is 0 Å². The Bertz CT molecular complexity index is 119. The van der Waals surface area contributed by atoms with Gasteiger partial charge in [0, 0.05) is 6.10 Å². The van der Waals surface area contributed by atoms with Crippen LogP contribution in [0.1, 0.15) is 27.2 Å². The molecular weight excluding hydrogens is 279 g/mol. The Balaban J connectivity index is 3.86. The molecule has 0 saturated heterocycles. The van der Waals surface area contributed by atoms with Crippen molar-refractivity contribution in [3.63, 3.8) is 0 Å². The van der Waals surface area contributed by atoms with Crippen molar-refractivity contribution in [2.75, 3.05) is 4.43 Å². The minimum atomic E-state index is -1.31. The lowest BCUT2D eigenvalue weighted by Gasteiger charge is -2.28. The van der Waals surface area contributed by atoms with E-state index in [1.807, 2.05) is 0 Å². The van der Waals surface area contributed by atoms with Gasteiger partial charge in [0.05, 0.1) is 0 Å². The van der Waals surface area contributed by atoms with Gasteiger partial charge in [0.15, 0.2) is 8.32 Å². The van der Waals surface area contributed by atoms with E-state index in [2.05, 4.69) is 49.9 Å². The molecule has 0 aromatic heterocycles. The van der Waals surface area contributed by atoms with Gasteiger partial charge in [-0.25, -0.2) is 0 Å². The van der Waals surface area contributed by atoms with E-state index in [4.69, 9.17) is 4.43 Å². The van der Waals surface area contributed by atoms with Crippen molar-refractivity contribution in [3.05, 3.63) is 0 Å². The Labute approximate surface area is 91.5 Å². The summed E-state index contributed by atoms with van der Waals surface area (Å²) in [6.45, 7) is 8.91. The molecule has 0 rings (SSSR count). The van der Waals surface area contributed by atoms with Gasteiger partial charge in [-0.3, -0.25) is 0 Å². The van der Waals surface area contributed by atoms with Gasteiger partial charge in [-0.05, 0) is 43.3 Å². The molecule has 1 nitrogen and oxygen atoms in total. The molecule has 0 radical (unpaired) electrons. The van der Waals surface area contributed by atoms with E-state index in [1.165, 1.54) is 22.9 Å². The summed E-state index contributed by atoms with van der Waals surface area (Å²) < 4.78 is 7.29. The quantitative estimate of drug-likeness (QED) is 0.411. The van der Waals surface area contributed by atoms with Crippen molar-refractivity contribution in [1.82, 2.24) is 0 Å². The van der Waals surface area contributed by atoms with E-state index >= 15 is 0 Å². The molecule has 0 aromatic carbocycles. The topological polar surface area (TPSA) is 9.23 Å². The fourth-order valence-electron chi connectivity index (χ4n) is 1.33. The lowest BCUT2D eigenvalue weighted by Crippen LogP contribution is -2.36. The first-order valence-corrected chi connectivity index (χ1v) is 9.12. The molecule has 3 heteroatoms. The van der Waals surface area contributed by atoms with Crippen molar-refractivity contribution in [3.8, 4) is 0 Å². The summed E-state index contributed by atoms with van der Waals surface area (Å²) in [6, 6.07) is 2.58. The Kier molecular flexibility index (Phi) is 6.86. The highest BCUT2D eigenvalue weighted by atomic mass is 127. The Morgan fingerprint density at radius 3 is 2.33 bits per heavy atom. The molecule has 0 bridgehead atoms. The Hall–Kier alpha value is 0.907. The SMILES string of the molecule is CC[Si](C)(CCCI)OC(C)C. The highest BCUT2D eigenvalue weighted by Crippen LogP contribution is 2.21. The number of hydrogen-bond donors (Lipinski definition) is 0. The largest absolute Gasteiger partial charge is 0.415 e. The van der Waals surface area contributed by atoms with E-state index in [0.29, 0.717) is 6.10 Å². The van der Waals surface area contributed by atoms with Gasteiger partial charge in [0.25, 0.3) is 0 Å². The van der Waals surface area contributed by atoms with Crippen LogP contribution in [0.4, 0.5) is 0 Å². The lowest BCUT2D eigenvalue weighted by molar-refractivity contribution is 0.228. The van der Waals surface area contributed by atoms with Gasteiger partial charge >= 0.3 is 0 Å². The molecule has 74 valence electrons. The maximum Gasteiger partial charge on any atom is 0.189 e. The minimum Gasteiger partial charge on any atom is -0.415 e. The zero-order chi connectivity index (χ0) is 9.61. The standard InChI is InChI=1S/C9H21IOSi/c1-5-12(4,8-6-7-10)11-9(2)3/h9H,5-8H2,1-4H3. The molecule has 0 fully saturated rings. The van der Waals surface area contributed by atoms with Crippen LogP contribution in [0.15, 0.2) is 0 Å². The molecular formula is C9H21IOSi. The third-order valence-electron chi connectivity index (χ3n) is 2.11. The van der Waals surface area contributed by atoms with E-state index in [1.54, 1.807) is 0 Å². The molecule has 0 aromatic rings. The molecule has 0 aliphatic heterocycles. The predicted molar refractivity (Wildman–Crippen MR) is 66.6 cm³/mol. The van der Waals surface area contributed by atoms with Crippen molar-refractivity contribution in [2.24, 2.45) is 0 Å². The molecule has 0 saturated carbocycles. The average Bonchev–Trinajstić information content (AvgIpc) is 2.00. The minimum absolute atomic E-state index is 0.413. The Morgan fingerprint density at radius 1 is 1.42 bits per heavy atom. The van der Waals surface area contributed by atoms with Crippen molar-refractivity contribution in [1.29, 1.82) is 0 Å². The molecule has 0 aliphatic carbocycles. The fraction of sp³-hybridized carbons (Fsp3) is 1.00. The van der Waals surface area contributed by atoms with Gasteiger partial charge in [0.1, 0.15) is 0 Å². The summed E-state index contributed by atoms with van der Waals surface area (Å²) >= 11 is 2.44. The summed E-state index contributed by atoms with van der Waals surface area (Å²) in [5.74, 6) is 0. The average molecular weight is 300 g/mol. The van der Waals surface area contributed by atoms with Crippen LogP contribution in [-0.4, -0.2) is 18.8 Å². The molecule has 0 aliphatic rings. The first-order valence-electron chi connectivity index (χ1n) is 4.78. The van der Waals surface area contributed by atoms with Crippen LogP contribution in [0.5, 0.6) is 0 Å². The van der Waals surface area contributed by atoms with E-state index in [9.17, 15) is 0 Å². The van der Waals surface area contributed by atoms with Crippen molar-refractivity contribution >= 4 is 30.9 Å². The third kappa shape index (κ3) is 5.53. The van der Waals surface area contributed by atoms with Gasteiger partial charge < -0.3 is 4.43 Å². The summed E-state index contributed by atoms with van der Waals surface area (Å²) in [5.41, 5.74) is 0. The smallest absolute Gasteiger partial charge is 0.189 e. The third-order valence-corrected chi connectivity index (χ3v) is 6.82. The summed E-state index contributed by atoms with van der Waals surface area (Å²) in [4.78, 5) is 0. The first-order chi connectivity index (χ1) is 5.54. The zero-order valence-electron chi connectivity index (χ0n) is 8.69. The van der Waals surface area contributed by atoms with E-state index in [0.717, 1.165) is 0 Å². The monoisotopic (exact) mass is 300 g/mol. The maximum atomic E-state index is 6.02. The molecule has 1 unspecified atom stereocenters. The second kappa shape index (κ2) is 6.37. The van der Waals surface area contributed by atoms with Crippen LogP contribution in [-0.2, 0) is 4.43 Å². The second-order valence-electron chi connectivity index (χ2n) is 3.76. The molecule has 0 heterocycles. The van der Waals surface area contributed by atoms with Crippen molar-refractivity contribution in [2.45, 2.75) is 51.9 Å². The predicted octanol–water partition coefficient (Wildman–Crippen LogP) is 3.83.